The second-order valence-corrected chi connectivity index (χ2v) is 9.41. The highest BCUT2D eigenvalue weighted by Gasteiger charge is 2.24. The Hall–Kier alpha value is -3.20. The highest BCUT2D eigenvalue weighted by atomic mass is 35.5. The van der Waals surface area contributed by atoms with Crippen LogP contribution in [-0.4, -0.2) is 35.4 Å². The number of amides is 2. The second-order valence-electron chi connectivity index (χ2n) is 7.89. The number of quaternary nitrogens is 1. The molecule has 3 heterocycles. The molecule has 2 amide bonds. The molecule has 32 heavy (non-hydrogen) atoms. The fourth-order valence-corrected chi connectivity index (χ4v) is 5.10. The van der Waals surface area contributed by atoms with Crippen molar-refractivity contribution in [1.29, 1.82) is 0 Å². The van der Waals surface area contributed by atoms with Crippen molar-refractivity contribution in [2.45, 2.75) is 13.0 Å². The Bertz CT molecular complexity index is 1350. The first kappa shape index (κ1) is 20.7. The van der Waals surface area contributed by atoms with E-state index in [0.717, 1.165) is 36.1 Å². The van der Waals surface area contributed by atoms with Crippen molar-refractivity contribution < 1.29 is 14.5 Å². The molecule has 7 nitrogen and oxygen atoms in total. The number of H-pyrrole nitrogens is 1. The maximum absolute atomic E-state index is 12.9. The second kappa shape index (κ2) is 8.38. The Labute approximate surface area is 193 Å². The van der Waals surface area contributed by atoms with Gasteiger partial charge in [-0.2, -0.15) is 0 Å². The Morgan fingerprint density at radius 2 is 1.84 bits per heavy atom. The number of aromatic nitrogens is 2. The molecule has 162 valence electrons. The molecule has 1 atom stereocenters. The number of fused-ring (bicyclic) bond motifs is 2. The van der Waals surface area contributed by atoms with Gasteiger partial charge in [0.15, 0.2) is 5.01 Å². The summed E-state index contributed by atoms with van der Waals surface area (Å²) in [5.74, 6) is -0.584. The fourth-order valence-electron chi connectivity index (χ4n) is 3.80. The molecular weight excluding hydrogens is 446 g/mol. The third-order valence-corrected chi connectivity index (χ3v) is 6.81. The lowest BCUT2D eigenvalue weighted by Gasteiger charge is -2.17. The van der Waals surface area contributed by atoms with Crippen LogP contribution >= 0.6 is 22.9 Å². The van der Waals surface area contributed by atoms with Gasteiger partial charge < -0.3 is 20.5 Å². The van der Waals surface area contributed by atoms with E-state index in [9.17, 15) is 9.59 Å². The summed E-state index contributed by atoms with van der Waals surface area (Å²) in [5.41, 5.74) is 3.27. The zero-order chi connectivity index (χ0) is 22.2. The zero-order valence-corrected chi connectivity index (χ0v) is 18.9. The minimum absolute atomic E-state index is 0.274. The topological polar surface area (TPSA) is 91.3 Å². The van der Waals surface area contributed by atoms with Crippen LogP contribution in [0.25, 0.3) is 10.9 Å². The highest BCUT2D eigenvalue weighted by molar-refractivity contribution is 7.13. The van der Waals surface area contributed by atoms with E-state index >= 15 is 0 Å². The van der Waals surface area contributed by atoms with E-state index in [1.807, 2.05) is 6.07 Å². The lowest BCUT2D eigenvalue weighted by Crippen LogP contribution is -3.08. The predicted octanol–water partition coefficient (Wildman–Crippen LogP) is 3.35. The summed E-state index contributed by atoms with van der Waals surface area (Å²) in [7, 11) is 2.14. The van der Waals surface area contributed by atoms with Crippen LogP contribution < -0.4 is 15.5 Å². The van der Waals surface area contributed by atoms with E-state index in [0.29, 0.717) is 27.1 Å². The number of halogens is 1. The molecule has 0 aliphatic carbocycles. The number of likely N-dealkylation sites (N-methyl/N-ethyl adjacent to an activating group) is 1. The van der Waals surface area contributed by atoms with Crippen molar-refractivity contribution in [1.82, 2.24) is 9.97 Å². The molecule has 4 aromatic rings. The van der Waals surface area contributed by atoms with Gasteiger partial charge in [0.25, 0.3) is 11.8 Å². The molecule has 0 saturated heterocycles. The number of carbonyl (C=O) groups excluding carboxylic acids is 2. The molecule has 0 saturated carbocycles. The molecule has 1 unspecified atom stereocenters. The number of hydrogen-bond acceptors (Lipinski definition) is 4. The van der Waals surface area contributed by atoms with Crippen molar-refractivity contribution in [2.24, 2.45) is 0 Å². The molecule has 2 aromatic heterocycles. The Balaban J connectivity index is 1.34. The van der Waals surface area contributed by atoms with Crippen molar-refractivity contribution in [3.63, 3.8) is 0 Å². The van der Waals surface area contributed by atoms with Gasteiger partial charge in [-0.1, -0.05) is 23.7 Å². The predicted molar refractivity (Wildman–Crippen MR) is 127 cm³/mol. The average molecular weight is 467 g/mol. The van der Waals surface area contributed by atoms with Crippen LogP contribution in [0, 0.1) is 0 Å². The highest BCUT2D eigenvalue weighted by Crippen LogP contribution is 2.26. The molecule has 9 heteroatoms. The van der Waals surface area contributed by atoms with Crippen molar-refractivity contribution in [2.75, 3.05) is 24.2 Å². The number of nitrogens with zero attached hydrogens (tertiary/aromatic N) is 1. The van der Waals surface area contributed by atoms with Crippen LogP contribution in [0.15, 0.2) is 48.5 Å². The zero-order valence-electron chi connectivity index (χ0n) is 17.3. The lowest BCUT2D eigenvalue weighted by atomic mass is 10.2. The van der Waals surface area contributed by atoms with E-state index in [-0.39, 0.29) is 11.8 Å². The van der Waals surface area contributed by atoms with Gasteiger partial charge >= 0.3 is 0 Å². The first-order valence-electron chi connectivity index (χ1n) is 10.3. The molecule has 1 aliphatic heterocycles. The maximum atomic E-state index is 12.9. The minimum atomic E-state index is -0.310. The quantitative estimate of drug-likeness (QED) is 0.371. The fraction of sp³-hybridized carbons (Fsp3) is 0.174. The van der Waals surface area contributed by atoms with Gasteiger partial charge in [0.2, 0.25) is 0 Å². The normalized spacial score (nSPS) is 15.4. The van der Waals surface area contributed by atoms with Crippen LogP contribution in [0.3, 0.4) is 0 Å². The maximum Gasteiger partial charge on any atom is 0.284 e. The van der Waals surface area contributed by atoms with Gasteiger partial charge in [0, 0.05) is 22.3 Å². The first-order valence-corrected chi connectivity index (χ1v) is 11.5. The number of benzene rings is 2. The van der Waals surface area contributed by atoms with Crippen molar-refractivity contribution in [3.8, 4) is 0 Å². The molecular formula is C23H21ClN5O2S+. The van der Waals surface area contributed by atoms with Crippen molar-refractivity contribution in [3.05, 3.63) is 74.8 Å². The summed E-state index contributed by atoms with van der Waals surface area (Å²) < 4.78 is 0. The number of para-hydroxylation sites is 2. The minimum Gasteiger partial charge on any atom is -0.351 e. The molecule has 0 fully saturated rings. The third-order valence-electron chi connectivity index (χ3n) is 5.47. The van der Waals surface area contributed by atoms with E-state index < -0.39 is 0 Å². The van der Waals surface area contributed by atoms with Gasteiger partial charge in [-0.3, -0.25) is 9.59 Å². The molecule has 0 spiro atoms. The molecule has 2 aromatic carbocycles. The van der Waals surface area contributed by atoms with E-state index in [2.05, 4.69) is 27.6 Å². The van der Waals surface area contributed by atoms with Gasteiger partial charge in [0.1, 0.15) is 12.2 Å². The summed E-state index contributed by atoms with van der Waals surface area (Å²) in [4.78, 5) is 35.9. The Morgan fingerprint density at radius 3 is 2.62 bits per heavy atom. The summed E-state index contributed by atoms with van der Waals surface area (Å²) in [5, 5.41) is 7.67. The van der Waals surface area contributed by atoms with Gasteiger partial charge in [0.05, 0.1) is 35.5 Å². The number of rotatable bonds is 4. The monoisotopic (exact) mass is 466 g/mol. The van der Waals surface area contributed by atoms with E-state index in [1.165, 1.54) is 21.1 Å². The Morgan fingerprint density at radius 1 is 1.09 bits per heavy atom. The van der Waals surface area contributed by atoms with Crippen LogP contribution in [0.4, 0.5) is 11.4 Å². The van der Waals surface area contributed by atoms with Crippen LogP contribution in [0.5, 0.6) is 0 Å². The van der Waals surface area contributed by atoms with Crippen LogP contribution in [0.2, 0.25) is 5.02 Å². The van der Waals surface area contributed by atoms with Gasteiger partial charge in [-0.15, -0.1) is 11.3 Å². The molecule has 0 bridgehead atoms. The summed E-state index contributed by atoms with van der Waals surface area (Å²) >= 11 is 7.48. The van der Waals surface area contributed by atoms with Crippen molar-refractivity contribution >= 4 is 57.0 Å². The average Bonchev–Trinajstić information content (AvgIpc) is 3.38. The van der Waals surface area contributed by atoms with E-state index in [1.54, 1.807) is 42.5 Å². The summed E-state index contributed by atoms with van der Waals surface area (Å²) in [6, 6.07) is 14.3. The largest absolute Gasteiger partial charge is 0.351 e. The number of carbonyl (C=O) groups is 2. The van der Waals surface area contributed by atoms with Crippen LogP contribution in [0.1, 0.15) is 30.9 Å². The van der Waals surface area contributed by atoms with E-state index in [4.69, 9.17) is 11.6 Å². The molecule has 0 radical (unpaired) electrons. The smallest absolute Gasteiger partial charge is 0.284 e. The first-order chi connectivity index (χ1) is 15.5. The number of nitrogens with one attached hydrogen (secondary N) is 4. The van der Waals surface area contributed by atoms with Crippen LogP contribution in [-0.2, 0) is 13.0 Å². The number of aromatic amines is 1. The van der Waals surface area contributed by atoms with Gasteiger partial charge in [-0.25, -0.2) is 4.98 Å². The standard InChI is InChI=1S/C23H20ClN5O2S/c1-29-9-8-18-20(12-29)32-23(28-18)22(31)27-17-5-3-2-4-16(17)26-21(30)19-11-13-10-14(24)6-7-15(13)25-19/h2-7,10-11,25H,8-9,12H2,1H3,(H,26,30)(H,27,31)/p+1. The summed E-state index contributed by atoms with van der Waals surface area (Å²) in [6.07, 6.45) is 0.882. The summed E-state index contributed by atoms with van der Waals surface area (Å²) in [6.45, 7) is 1.91. The lowest BCUT2D eigenvalue weighted by molar-refractivity contribution is -0.895. The SMILES string of the molecule is C[NH+]1CCc2nc(C(=O)Nc3ccccc3NC(=O)c3cc4cc(Cl)ccc4[nH]3)sc2C1. The van der Waals surface area contributed by atoms with Gasteiger partial charge in [-0.05, 0) is 36.4 Å². The Kier molecular flexibility index (Phi) is 5.42. The third kappa shape index (κ3) is 4.12. The molecule has 4 N–H and O–H groups in total. The molecule has 1 aliphatic rings. The molecule has 5 rings (SSSR count). The number of hydrogen-bond donors (Lipinski definition) is 4. The number of thiazole rings is 1. The number of anilines is 2.